The van der Waals surface area contributed by atoms with E-state index in [1.54, 1.807) is 0 Å². The second-order valence-corrected chi connectivity index (χ2v) is 4.45. The van der Waals surface area contributed by atoms with E-state index < -0.39 is 41.0 Å². The number of nitrogens with two attached hydrogens (primary N) is 1. The molecule has 0 spiro atoms. The lowest BCUT2D eigenvalue weighted by molar-refractivity contribution is -0.139. The van der Waals surface area contributed by atoms with E-state index in [0.29, 0.717) is 6.07 Å². The Hall–Kier alpha value is -2.51. The number of aliphatic carboxylic acids is 1. The summed E-state index contributed by atoms with van der Waals surface area (Å²) >= 11 is 0. The molecule has 0 aliphatic rings. The highest BCUT2D eigenvalue weighted by Crippen LogP contribution is 2.14. The van der Waals surface area contributed by atoms with Crippen LogP contribution in [0.25, 0.3) is 0 Å². The van der Waals surface area contributed by atoms with Crippen molar-refractivity contribution in [1.29, 1.82) is 0 Å². The Morgan fingerprint density at radius 1 is 1.29 bits per heavy atom. The Morgan fingerprint density at radius 3 is 2.43 bits per heavy atom. The SMILES string of the molecule is Cc1cc(C(=O)NC(CCC(N)=O)C(=O)O)c(F)cc1F. The summed E-state index contributed by atoms with van der Waals surface area (Å²) in [5, 5.41) is 11.0. The molecule has 4 N–H and O–H groups in total. The molecular formula is C13H14F2N2O4. The number of carboxylic acids is 1. The summed E-state index contributed by atoms with van der Waals surface area (Å²) in [6.07, 6.45) is -0.472. The number of carbonyl (C=O) groups excluding carboxylic acids is 2. The largest absolute Gasteiger partial charge is 0.480 e. The van der Waals surface area contributed by atoms with Gasteiger partial charge >= 0.3 is 5.97 Å². The van der Waals surface area contributed by atoms with E-state index in [1.165, 1.54) is 6.92 Å². The quantitative estimate of drug-likeness (QED) is 0.719. The molecule has 0 bridgehead atoms. The van der Waals surface area contributed by atoms with Gasteiger partial charge in [-0.3, -0.25) is 9.59 Å². The lowest BCUT2D eigenvalue weighted by Gasteiger charge is -2.14. The van der Waals surface area contributed by atoms with Gasteiger partial charge in [-0.05, 0) is 25.0 Å². The van der Waals surface area contributed by atoms with Gasteiger partial charge in [-0.2, -0.15) is 0 Å². The highest BCUT2D eigenvalue weighted by molar-refractivity contribution is 5.97. The van der Waals surface area contributed by atoms with Crippen molar-refractivity contribution in [1.82, 2.24) is 5.32 Å². The van der Waals surface area contributed by atoms with Gasteiger partial charge in [0.2, 0.25) is 5.91 Å². The van der Waals surface area contributed by atoms with Crippen molar-refractivity contribution in [3.05, 3.63) is 34.9 Å². The third-order valence-electron chi connectivity index (χ3n) is 2.78. The summed E-state index contributed by atoms with van der Waals surface area (Å²) in [6, 6.07) is 0.130. The fraction of sp³-hybridized carbons (Fsp3) is 0.308. The van der Waals surface area contributed by atoms with Crippen molar-refractivity contribution >= 4 is 17.8 Å². The standard InChI is InChI=1S/C13H14F2N2O4/c1-6-4-7(9(15)5-8(6)14)12(19)17-10(13(20)21)2-3-11(16)18/h4-5,10H,2-3H2,1H3,(H2,16,18)(H,17,19)(H,20,21). The van der Waals surface area contributed by atoms with Crippen LogP contribution >= 0.6 is 0 Å². The Morgan fingerprint density at radius 2 is 1.90 bits per heavy atom. The maximum Gasteiger partial charge on any atom is 0.326 e. The molecule has 8 heteroatoms. The third-order valence-corrected chi connectivity index (χ3v) is 2.78. The van der Waals surface area contributed by atoms with Crippen LogP contribution in [0.3, 0.4) is 0 Å². The van der Waals surface area contributed by atoms with Gasteiger partial charge in [0.15, 0.2) is 0 Å². The van der Waals surface area contributed by atoms with Gasteiger partial charge in [0, 0.05) is 12.5 Å². The predicted molar refractivity (Wildman–Crippen MR) is 68.4 cm³/mol. The zero-order valence-electron chi connectivity index (χ0n) is 11.2. The fourth-order valence-corrected chi connectivity index (χ4v) is 1.61. The lowest BCUT2D eigenvalue weighted by atomic mass is 10.1. The monoisotopic (exact) mass is 300 g/mol. The first-order chi connectivity index (χ1) is 9.72. The third kappa shape index (κ3) is 4.51. The molecule has 0 saturated heterocycles. The Labute approximate surface area is 118 Å². The van der Waals surface area contributed by atoms with Gasteiger partial charge in [-0.15, -0.1) is 0 Å². The molecule has 2 amide bonds. The summed E-state index contributed by atoms with van der Waals surface area (Å²) < 4.78 is 26.6. The molecule has 114 valence electrons. The lowest BCUT2D eigenvalue weighted by Crippen LogP contribution is -2.41. The summed E-state index contributed by atoms with van der Waals surface area (Å²) in [6.45, 7) is 1.34. The highest BCUT2D eigenvalue weighted by atomic mass is 19.1. The average molecular weight is 300 g/mol. The predicted octanol–water partition coefficient (Wildman–Crippen LogP) is 0.722. The Bertz CT molecular complexity index is 590. The second-order valence-electron chi connectivity index (χ2n) is 4.45. The molecule has 1 atom stereocenters. The van der Waals surface area contributed by atoms with Crippen molar-refractivity contribution in [2.75, 3.05) is 0 Å². The van der Waals surface area contributed by atoms with Gasteiger partial charge in [0.25, 0.3) is 5.91 Å². The van der Waals surface area contributed by atoms with Gasteiger partial charge in [-0.1, -0.05) is 0 Å². The number of halogens is 2. The van der Waals surface area contributed by atoms with Gasteiger partial charge in [-0.25, -0.2) is 13.6 Å². The Kier molecular flexibility index (Phi) is 5.34. The molecule has 0 aliphatic carbocycles. The smallest absolute Gasteiger partial charge is 0.326 e. The molecule has 0 saturated carbocycles. The molecule has 1 rings (SSSR count). The number of primary amides is 1. The molecule has 1 unspecified atom stereocenters. The summed E-state index contributed by atoms with van der Waals surface area (Å²) in [4.78, 5) is 33.4. The number of carboxylic acid groups (broad SMARTS) is 1. The minimum Gasteiger partial charge on any atom is -0.480 e. The Balaban J connectivity index is 2.89. The molecule has 0 radical (unpaired) electrons. The van der Waals surface area contributed by atoms with Crippen LogP contribution < -0.4 is 11.1 Å². The van der Waals surface area contributed by atoms with Crippen LogP contribution in [0.4, 0.5) is 8.78 Å². The molecule has 0 aliphatic heterocycles. The van der Waals surface area contributed by atoms with E-state index >= 15 is 0 Å². The van der Waals surface area contributed by atoms with Crippen LogP contribution in [-0.2, 0) is 9.59 Å². The van der Waals surface area contributed by atoms with E-state index in [-0.39, 0.29) is 18.4 Å². The van der Waals surface area contributed by atoms with Crippen LogP contribution in [0.2, 0.25) is 0 Å². The van der Waals surface area contributed by atoms with Crippen molar-refractivity contribution < 1.29 is 28.3 Å². The average Bonchev–Trinajstić information content (AvgIpc) is 2.37. The topological polar surface area (TPSA) is 109 Å². The number of nitrogens with one attached hydrogen (secondary N) is 1. The maximum atomic E-state index is 13.5. The van der Waals surface area contributed by atoms with Gasteiger partial charge in [0.05, 0.1) is 5.56 Å². The molecule has 1 aromatic carbocycles. The number of benzene rings is 1. The van der Waals surface area contributed by atoms with E-state index in [2.05, 4.69) is 5.32 Å². The number of hydrogen-bond donors (Lipinski definition) is 3. The first-order valence-corrected chi connectivity index (χ1v) is 6.00. The van der Waals surface area contributed by atoms with Crippen LogP contribution in [0.5, 0.6) is 0 Å². The molecule has 1 aromatic rings. The maximum absolute atomic E-state index is 13.5. The van der Waals surface area contributed by atoms with E-state index in [0.717, 1.165) is 6.07 Å². The zero-order chi connectivity index (χ0) is 16.2. The first-order valence-electron chi connectivity index (χ1n) is 6.00. The van der Waals surface area contributed by atoms with E-state index in [9.17, 15) is 23.2 Å². The molecule has 21 heavy (non-hydrogen) atoms. The summed E-state index contributed by atoms with van der Waals surface area (Å²) in [7, 11) is 0. The van der Waals surface area contributed by atoms with Gasteiger partial charge in [0.1, 0.15) is 17.7 Å². The van der Waals surface area contributed by atoms with E-state index in [1.807, 2.05) is 0 Å². The van der Waals surface area contributed by atoms with Crippen LogP contribution in [-0.4, -0.2) is 28.9 Å². The minimum absolute atomic E-state index is 0.0468. The normalized spacial score (nSPS) is 11.8. The molecule has 0 aromatic heterocycles. The van der Waals surface area contributed by atoms with Crippen molar-refractivity contribution in [3.8, 4) is 0 Å². The zero-order valence-corrected chi connectivity index (χ0v) is 11.2. The minimum atomic E-state index is -1.39. The van der Waals surface area contributed by atoms with Crippen molar-refractivity contribution in [2.45, 2.75) is 25.8 Å². The number of hydrogen-bond acceptors (Lipinski definition) is 3. The van der Waals surface area contributed by atoms with Crippen LogP contribution in [0, 0.1) is 18.6 Å². The number of carbonyl (C=O) groups is 3. The van der Waals surface area contributed by atoms with Crippen molar-refractivity contribution in [3.63, 3.8) is 0 Å². The summed E-state index contributed by atoms with van der Waals surface area (Å²) in [5.41, 5.74) is 4.47. The first kappa shape index (κ1) is 16.5. The fourth-order valence-electron chi connectivity index (χ4n) is 1.61. The second kappa shape index (κ2) is 6.78. The molecule has 6 nitrogen and oxygen atoms in total. The number of amides is 2. The van der Waals surface area contributed by atoms with Crippen molar-refractivity contribution in [2.24, 2.45) is 5.73 Å². The van der Waals surface area contributed by atoms with Crippen LogP contribution in [0.15, 0.2) is 12.1 Å². The summed E-state index contributed by atoms with van der Waals surface area (Å²) in [5.74, 6) is -5.03. The van der Waals surface area contributed by atoms with Crippen LogP contribution in [0.1, 0.15) is 28.8 Å². The highest BCUT2D eigenvalue weighted by Gasteiger charge is 2.23. The molecule has 0 fully saturated rings. The molecular weight excluding hydrogens is 286 g/mol. The van der Waals surface area contributed by atoms with Gasteiger partial charge < -0.3 is 16.2 Å². The number of aryl methyl sites for hydroxylation is 1. The molecule has 0 heterocycles. The van der Waals surface area contributed by atoms with E-state index in [4.69, 9.17) is 10.8 Å². The number of rotatable bonds is 6.